The van der Waals surface area contributed by atoms with E-state index < -0.39 is 0 Å². The zero-order valence-corrected chi connectivity index (χ0v) is 6.50. The van der Waals surface area contributed by atoms with Crippen molar-refractivity contribution in [1.29, 1.82) is 0 Å². The Morgan fingerprint density at radius 1 is 1.17 bits per heavy atom. The van der Waals surface area contributed by atoms with Crippen molar-refractivity contribution in [2.45, 2.75) is 13.8 Å². The molecule has 6 heavy (non-hydrogen) atoms. The van der Waals surface area contributed by atoms with E-state index >= 15 is 0 Å². The van der Waals surface area contributed by atoms with Crippen LogP contribution in [-0.4, -0.2) is 13.1 Å². The van der Waals surface area contributed by atoms with Crippen LogP contribution in [0.25, 0.3) is 0 Å². The van der Waals surface area contributed by atoms with Gasteiger partial charge in [0, 0.05) is 21.1 Å². The molecule has 0 heterocycles. The Labute approximate surface area is 53.8 Å². The third kappa shape index (κ3) is 8.82. The van der Waals surface area contributed by atoms with Gasteiger partial charge in [0.05, 0.1) is 0 Å². The molecule has 0 atom stereocenters. The first kappa shape index (κ1) is 9.82. The maximum Gasteiger partial charge on any atom is 0 e. The van der Waals surface area contributed by atoms with Crippen molar-refractivity contribution in [2.75, 3.05) is 13.1 Å². The summed E-state index contributed by atoms with van der Waals surface area (Å²) in [6, 6.07) is 0. The first-order valence-electron chi connectivity index (χ1n) is 2.12. The monoisotopic (exact) mass is 268 g/mol. The van der Waals surface area contributed by atoms with Gasteiger partial charge in [0.15, 0.2) is 0 Å². The van der Waals surface area contributed by atoms with Crippen LogP contribution in [-0.2, 0) is 21.1 Å². The minimum absolute atomic E-state index is 0. The molecule has 0 aliphatic heterocycles. The quantitative estimate of drug-likeness (QED) is 0.774. The zero-order chi connectivity index (χ0) is 4.12. The van der Waals surface area contributed by atoms with Gasteiger partial charge >= 0.3 is 0 Å². The smallest absolute Gasteiger partial charge is 0 e. The van der Waals surface area contributed by atoms with Gasteiger partial charge in [-0.2, -0.15) is 0 Å². The Hall–Kier alpha value is 0.648. The molecule has 2 heteroatoms. The molecular formula is C4H11NPt. The fourth-order valence-corrected chi connectivity index (χ4v) is 0.250. The van der Waals surface area contributed by atoms with E-state index in [1.165, 1.54) is 0 Å². The molecule has 1 N–H and O–H groups in total. The Balaban J connectivity index is 0. The SMILES string of the molecule is CCNCC.[Pt]. The normalized spacial score (nSPS) is 7.00. The van der Waals surface area contributed by atoms with E-state index in [0.29, 0.717) is 0 Å². The minimum atomic E-state index is 0. The molecule has 42 valence electrons. The fraction of sp³-hybridized carbons (Fsp3) is 1.00. The van der Waals surface area contributed by atoms with Gasteiger partial charge < -0.3 is 5.32 Å². The minimum Gasteiger partial charge on any atom is -0.317 e. The van der Waals surface area contributed by atoms with E-state index in [0.717, 1.165) is 13.1 Å². The third-order valence-electron chi connectivity index (χ3n) is 0.500. The molecule has 0 spiro atoms. The van der Waals surface area contributed by atoms with Crippen molar-refractivity contribution in [3.8, 4) is 0 Å². The van der Waals surface area contributed by atoms with Gasteiger partial charge in [-0.05, 0) is 13.1 Å². The predicted octanol–water partition coefficient (Wildman–Crippen LogP) is 0.613. The van der Waals surface area contributed by atoms with E-state index in [-0.39, 0.29) is 21.1 Å². The van der Waals surface area contributed by atoms with Crippen molar-refractivity contribution in [2.24, 2.45) is 0 Å². The molecule has 0 unspecified atom stereocenters. The molecular weight excluding hydrogens is 257 g/mol. The average Bonchev–Trinajstić information content (AvgIpc) is 1.41. The van der Waals surface area contributed by atoms with Gasteiger partial charge in [-0.1, -0.05) is 13.8 Å². The van der Waals surface area contributed by atoms with Gasteiger partial charge in [0.1, 0.15) is 0 Å². The van der Waals surface area contributed by atoms with E-state index in [9.17, 15) is 0 Å². The average molecular weight is 268 g/mol. The Morgan fingerprint density at radius 2 is 1.50 bits per heavy atom. The third-order valence-corrected chi connectivity index (χ3v) is 0.500. The molecule has 0 rings (SSSR count). The van der Waals surface area contributed by atoms with Crippen LogP contribution >= 0.6 is 0 Å². The van der Waals surface area contributed by atoms with E-state index in [4.69, 9.17) is 0 Å². The van der Waals surface area contributed by atoms with Crippen molar-refractivity contribution in [3.05, 3.63) is 0 Å². The number of hydrogen-bond acceptors (Lipinski definition) is 1. The van der Waals surface area contributed by atoms with Crippen molar-refractivity contribution < 1.29 is 21.1 Å². The number of rotatable bonds is 2. The summed E-state index contributed by atoms with van der Waals surface area (Å²) in [4.78, 5) is 0. The molecule has 0 bridgehead atoms. The van der Waals surface area contributed by atoms with Crippen LogP contribution < -0.4 is 5.32 Å². The summed E-state index contributed by atoms with van der Waals surface area (Å²) in [5.74, 6) is 0. The topological polar surface area (TPSA) is 12.0 Å². The van der Waals surface area contributed by atoms with Gasteiger partial charge in [-0.15, -0.1) is 0 Å². The number of hydrogen-bond donors (Lipinski definition) is 1. The summed E-state index contributed by atoms with van der Waals surface area (Å²) in [7, 11) is 0. The molecule has 0 aliphatic rings. The first-order valence-corrected chi connectivity index (χ1v) is 2.12. The first-order chi connectivity index (χ1) is 2.41. The molecule has 0 radical (unpaired) electrons. The second kappa shape index (κ2) is 9.17. The van der Waals surface area contributed by atoms with Crippen molar-refractivity contribution in [1.82, 2.24) is 5.32 Å². The molecule has 0 fully saturated rings. The van der Waals surface area contributed by atoms with E-state index in [1.807, 2.05) is 0 Å². The Morgan fingerprint density at radius 3 is 1.50 bits per heavy atom. The summed E-state index contributed by atoms with van der Waals surface area (Å²) in [5.41, 5.74) is 0. The molecule has 0 aromatic carbocycles. The van der Waals surface area contributed by atoms with Crippen molar-refractivity contribution >= 4 is 0 Å². The van der Waals surface area contributed by atoms with Gasteiger partial charge in [0.25, 0.3) is 0 Å². The Bertz CT molecular complexity index is 15.0. The maximum absolute atomic E-state index is 3.11. The summed E-state index contributed by atoms with van der Waals surface area (Å²) >= 11 is 0. The van der Waals surface area contributed by atoms with Crippen molar-refractivity contribution in [3.63, 3.8) is 0 Å². The van der Waals surface area contributed by atoms with Gasteiger partial charge in [-0.3, -0.25) is 0 Å². The molecule has 0 amide bonds. The molecule has 1 nitrogen and oxygen atoms in total. The van der Waals surface area contributed by atoms with E-state index in [1.54, 1.807) is 0 Å². The molecule has 0 aliphatic carbocycles. The molecule has 0 saturated heterocycles. The molecule has 0 aromatic rings. The van der Waals surface area contributed by atoms with Crippen LogP contribution in [0.4, 0.5) is 0 Å². The van der Waals surface area contributed by atoms with Gasteiger partial charge in [-0.25, -0.2) is 0 Å². The van der Waals surface area contributed by atoms with Crippen LogP contribution in [0.5, 0.6) is 0 Å². The van der Waals surface area contributed by atoms with Crippen LogP contribution in [0, 0.1) is 0 Å². The maximum atomic E-state index is 3.11. The van der Waals surface area contributed by atoms with Gasteiger partial charge in [0.2, 0.25) is 0 Å². The Kier molecular flexibility index (Phi) is 15.0. The van der Waals surface area contributed by atoms with E-state index in [2.05, 4.69) is 19.2 Å². The largest absolute Gasteiger partial charge is 0.317 e. The zero-order valence-electron chi connectivity index (χ0n) is 4.23. The van der Waals surface area contributed by atoms with Crippen LogP contribution in [0.3, 0.4) is 0 Å². The summed E-state index contributed by atoms with van der Waals surface area (Å²) < 4.78 is 0. The molecule has 0 saturated carbocycles. The summed E-state index contributed by atoms with van der Waals surface area (Å²) in [5, 5.41) is 3.11. The van der Waals surface area contributed by atoms with Crippen LogP contribution in [0.1, 0.15) is 13.8 Å². The van der Waals surface area contributed by atoms with Crippen LogP contribution in [0.2, 0.25) is 0 Å². The van der Waals surface area contributed by atoms with Crippen LogP contribution in [0.15, 0.2) is 0 Å². The summed E-state index contributed by atoms with van der Waals surface area (Å²) in [6.45, 7) is 6.39. The predicted molar refractivity (Wildman–Crippen MR) is 24.2 cm³/mol. The number of nitrogens with one attached hydrogen (secondary N) is 1. The molecule has 0 aromatic heterocycles. The fourth-order valence-electron chi connectivity index (χ4n) is 0.250. The second-order valence-corrected chi connectivity index (χ2v) is 0.957. The second-order valence-electron chi connectivity index (χ2n) is 0.957. The summed E-state index contributed by atoms with van der Waals surface area (Å²) in [6.07, 6.45) is 0. The standard InChI is InChI=1S/C4H11N.Pt/c1-3-5-4-2;/h5H,3-4H2,1-2H3;.